The number of morpholine rings is 1. The van der Waals surface area contributed by atoms with E-state index in [2.05, 4.69) is 0 Å². The first-order chi connectivity index (χ1) is 14.9. The molecule has 0 saturated carbocycles. The van der Waals surface area contributed by atoms with Crippen molar-refractivity contribution in [2.75, 3.05) is 43.7 Å². The number of sulfonamides is 1. The Balaban J connectivity index is 0.00000289. The lowest BCUT2D eigenvalue weighted by Gasteiger charge is -2.30. The van der Waals surface area contributed by atoms with Crippen LogP contribution in [-0.4, -0.2) is 59.0 Å². The van der Waals surface area contributed by atoms with Crippen LogP contribution in [-0.2, 0) is 14.8 Å². The van der Waals surface area contributed by atoms with E-state index in [9.17, 15) is 13.5 Å². The molecule has 32 heavy (non-hydrogen) atoms. The largest absolute Gasteiger partial charge is 1.00 e. The number of hydrogen-bond acceptors (Lipinski definition) is 4. The van der Waals surface area contributed by atoms with Crippen molar-refractivity contribution in [1.82, 2.24) is 0 Å². The molecule has 0 bridgehead atoms. The van der Waals surface area contributed by atoms with Crippen molar-refractivity contribution in [3.8, 4) is 0 Å². The van der Waals surface area contributed by atoms with Gasteiger partial charge >= 0.3 is 0 Å². The van der Waals surface area contributed by atoms with Crippen molar-refractivity contribution in [1.29, 1.82) is 0 Å². The number of aryl methyl sites for hydroxylation is 1. The number of hydrogen-bond donors (Lipinski definition) is 2. The van der Waals surface area contributed by atoms with E-state index in [1.807, 2.05) is 49.4 Å². The molecule has 0 aliphatic carbocycles. The molecule has 1 heterocycles. The second kappa shape index (κ2) is 10.6. The Labute approximate surface area is 195 Å². The van der Waals surface area contributed by atoms with Gasteiger partial charge in [0.05, 0.1) is 30.3 Å². The normalized spacial score (nSPS) is 15.8. The summed E-state index contributed by atoms with van der Waals surface area (Å²) in [6.07, 6.45) is -0.799. The van der Waals surface area contributed by atoms with Gasteiger partial charge in [-0.05, 0) is 30.5 Å². The van der Waals surface area contributed by atoms with Gasteiger partial charge in [0.1, 0.15) is 25.7 Å². The summed E-state index contributed by atoms with van der Waals surface area (Å²) in [5.74, 6) is 0. The van der Waals surface area contributed by atoms with Crippen LogP contribution in [0.15, 0.2) is 71.6 Å². The summed E-state index contributed by atoms with van der Waals surface area (Å²) in [4.78, 5) is 1.45. The molecule has 0 radical (unpaired) electrons. The van der Waals surface area contributed by atoms with Crippen molar-refractivity contribution < 1.29 is 35.6 Å². The molecule has 3 aromatic carbocycles. The van der Waals surface area contributed by atoms with Crippen LogP contribution in [0.1, 0.15) is 5.56 Å². The quantitative estimate of drug-likeness (QED) is 0.441. The number of halogens is 1. The molecule has 4 rings (SSSR count). The van der Waals surface area contributed by atoms with E-state index in [-0.39, 0.29) is 23.8 Å². The number of fused-ring (bicyclic) bond motifs is 1. The lowest BCUT2D eigenvalue weighted by atomic mass is 10.1. The van der Waals surface area contributed by atoms with Crippen LogP contribution in [0.3, 0.4) is 0 Å². The average Bonchev–Trinajstić information content (AvgIpc) is 2.78. The minimum atomic E-state index is -3.86. The highest BCUT2D eigenvalue weighted by molar-refractivity contribution is 7.92. The van der Waals surface area contributed by atoms with Crippen LogP contribution in [0.2, 0.25) is 0 Å². The van der Waals surface area contributed by atoms with E-state index >= 15 is 0 Å². The molecular weight excluding hydrogens is 448 g/mol. The number of nitrogens with one attached hydrogen (secondary N) is 1. The third kappa shape index (κ3) is 5.42. The maximum absolute atomic E-state index is 13.7. The fourth-order valence-electron chi connectivity index (χ4n) is 4.04. The zero-order valence-electron chi connectivity index (χ0n) is 18.1. The van der Waals surface area contributed by atoms with Crippen LogP contribution in [0, 0.1) is 6.92 Å². The Kier molecular flexibility index (Phi) is 8.14. The van der Waals surface area contributed by atoms with E-state index in [4.69, 9.17) is 4.74 Å². The Morgan fingerprint density at radius 3 is 2.38 bits per heavy atom. The third-order valence-electron chi connectivity index (χ3n) is 5.75. The first-order valence-corrected chi connectivity index (χ1v) is 12.1. The number of ether oxygens (including phenoxy) is 1. The number of rotatable bonds is 7. The molecule has 1 fully saturated rings. The molecule has 6 nitrogen and oxygen atoms in total. The first kappa shape index (κ1) is 24.5. The number of benzene rings is 3. The standard InChI is InChI=1S/C24H28N2O4S.ClH/c1-19-9-11-22(12-10-19)31(28,29)26(18-21(27)17-25-13-15-30-16-14-25)24-8-4-6-20-5-2-3-7-23(20)24;/h2-12,21,27H,13-18H2,1H3;1H. The van der Waals surface area contributed by atoms with E-state index in [0.717, 1.165) is 29.4 Å². The zero-order chi connectivity index (χ0) is 21.8. The minimum absolute atomic E-state index is 0. The monoisotopic (exact) mass is 476 g/mol. The van der Waals surface area contributed by atoms with Crippen LogP contribution in [0.5, 0.6) is 0 Å². The molecule has 1 atom stereocenters. The summed E-state index contributed by atoms with van der Waals surface area (Å²) in [5.41, 5.74) is 1.57. The smallest absolute Gasteiger partial charge is 0.264 e. The average molecular weight is 477 g/mol. The minimum Gasteiger partial charge on any atom is -1.00 e. The van der Waals surface area contributed by atoms with E-state index in [0.29, 0.717) is 25.4 Å². The Morgan fingerprint density at radius 1 is 1.00 bits per heavy atom. The second-order valence-electron chi connectivity index (χ2n) is 8.07. The highest BCUT2D eigenvalue weighted by Crippen LogP contribution is 2.31. The predicted molar refractivity (Wildman–Crippen MR) is 122 cm³/mol. The summed E-state index contributed by atoms with van der Waals surface area (Å²) in [5, 5.41) is 12.7. The Bertz CT molecular complexity index is 1130. The molecule has 0 spiro atoms. The van der Waals surface area contributed by atoms with Crippen molar-refractivity contribution in [3.05, 3.63) is 72.3 Å². The molecule has 1 unspecified atom stereocenters. The summed E-state index contributed by atoms with van der Waals surface area (Å²) in [6.45, 7) is 5.36. The van der Waals surface area contributed by atoms with Gasteiger partial charge in [0.25, 0.3) is 10.0 Å². The molecule has 0 amide bonds. The van der Waals surface area contributed by atoms with E-state index in [1.54, 1.807) is 24.3 Å². The maximum atomic E-state index is 13.7. The Morgan fingerprint density at radius 2 is 1.66 bits per heavy atom. The van der Waals surface area contributed by atoms with Crippen molar-refractivity contribution in [3.63, 3.8) is 0 Å². The lowest BCUT2D eigenvalue weighted by Crippen LogP contribution is -3.15. The van der Waals surface area contributed by atoms with Crippen LogP contribution >= 0.6 is 0 Å². The summed E-state index contributed by atoms with van der Waals surface area (Å²) >= 11 is 0. The van der Waals surface area contributed by atoms with Gasteiger partial charge in [-0.2, -0.15) is 0 Å². The third-order valence-corrected chi connectivity index (χ3v) is 7.54. The molecule has 2 N–H and O–H groups in total. The van der Waals surface area contributed by atoms with Gasteiger partial charge in [-0.3, -0.25) is 4.31 Å². The molecule has 8 heteroatoms. The lowest BCUT2D eigenvalue weighted by molar-refractivity contribution is -0.910. The molecular formula is C24H29ClN2O4S. The number of quaternary nitrogens is 1. The van der Waals surface area contributed by atoms with Crippen molar-refractivity contribution in [2.45, 2.75) is 17.9 Å². The van der Waals surface area contributed by atoms with Gasteiger partial charge in [0, 0.05) is 5.39 Å². The van der Waals surface area contributed by atoms with Gasteiger partial charge in [0.15, 0.2) is 0 Å². The second-order valence-corrected chi connectivity index (χ2v) is 9.93. The highest BCUT2D eigenvalue weighted by Gasteiger charge is 2.30. The number of nitrogens with zero attached hydrogens (tertiary/aromatic N) is 1. The van der Waals surface area contributed by atoms with Crippen molar-refractivity contribution in [2.24, 2.45) is 0 Å². The van der Waals surface area contributed by atoms with Gasteiger partial charge in [-0.1, -0.05) is 54.1 Å². The molecule has 1 saturated heterocycles. The zero-order valence-corrected chi connectivity index (χ0v) is 19.6. The maximum Gasteiger partial charge on any atom is 0.264 e. The summed E-state index contributed by atoms with van der Waals surface area (Å²) < 4.78 is 34.2. The van der Waals surface area contributed by atoms with Gasteiger partial charge in [-0.25, -0.2) is 8.42 Å². The first-order valence-electron chi connectivity index (χ1n) is 10.6. The summed E-state index contributed by atoms with van der Waals surface area (Å²) in [6, 6.07) is 20.2. The molecule has 172 valence electrons. The topological polar surface area (TPSA) is 71.3 Å². The van der Waals surface area contributed by atoms with Crippen LogP contribution in [0.4, 0.5) is 5.69 Å². The van der Waals surface area contributed by atoms with Gasteiger partial charge < -0.3 is 27.2 Å². The highest BCUT2D eigenvalue weighted by atomic mass is 35.5. The fourth-order valence-corrected chi connectivity index (χ4v) is 5.56. The summed E-state index contributed by atoms with van der Waals surface area (Å²) in [7, 11) is -3.86. The van der Waals surface area contributed by atoms with Crippen molar-refractivity contribution >= 4 is 26.5 Å². The van der Waals surface area contributed by atoms with E-state index in [1.165, 1.54) is 9.21 Å². The predicted octanol–water partition coefficient (Wildman–Crippen LogP) is -1.38. The molecule has 0 aromatic heterocycles. The number of anilines is 1. The fraction of sp³-hybridized carbons (Fsp3) is 0.333. The van der Waals surface area contributed by atoms with Crippen LogP contribution < -0.4 is 21.6 Å². The van der Waals surface area contributed by atoms with Crippen LogP contribution in [0.25, 0.3) is 10.8 Å². The van der Waals surface area contributed by atoms with Gasteiger partial charge in [-0.15, -0.1) is 0 Å². The number of aliphatic hydroxyl groups is 1. The SMILES string of the molecule is Cc1ccc(S(=O)(=O)N(CC(O)C[NH+]2CCOCC2)c2cccc3ccccc23)cc1.[Cl-]. The van der Waals surface area contributed by atoms with Gasteiger partial charge in [0.2, 0.25) is 0 Å². The molecule has 1 aliphatic rings. The Hall–Kier alpha value is -2.16. The van der Waals surface area contributed by atoms with E-state index < -0.39 is 16.1 Å². The molecule has 3 aromatic rings. The number of aliphatic hydroxyl groups excluding tert-OH is 1. The molecule has 1 aliphatic heterocycles.